The number of imidazole rings is 1. The van der Waals surface area contributed by atoms with Gasteiger partial charge in [0.25, 0.3) is 5.91 Å². The van der Waals surface area contributed by atoms with Gasteiger partial charge in [-0.15, -0.1) is 0 Å². The molecule has 2 heterocycles. The summed E-state index contributed by atoms with van der Waals surface area (Å²) in [6.45, 7) is 1.93. The van der Waals surface area contributed by atoms with Gasteiger partial charge in [0.2, 0.25) is 0 Å². The van der Waals surface area contributed by atoms with E-state index in [-0.39, 0.29) is 17.9 Å². The number of aryl methyl sites for hydroxylation is 1. The van der Waals surface area contributed by atoms with Crippen LogP contribution in [0.1, 0.15) is 32.9 Å². The zero-order valence-electron chi connectivity index (χ0n) is 21.1. The number of carboxylic acids is 1. The van der Waals surface area contributed by atoms with E-state index in [0.717, 1.165) is 33.5 Å². The van der Waals surface area contributed by atoms with Gasteiger partial charge < -0.3 is 19.9 Å². The lowest BCUT2D eigenvalue weighted by atomic mass is 9.95. The number of amides is 1. The number of phenols is 1. The molecule has 0 aliphatic carbocycles. The van der Waals surface area contributed by atoms with Crippen LogP contribution in [-0.4, -0.2) is 37.5 Å². The van der Waals surface area contributed by atoms with Crippen molar-refractivity contribution >= 4 is 29.1 Å². The molecule has 1 atom stereocenters. The van der Waals surface area contributed by atoms with Gasteiger partial charge in [-0.2, -0.15) is 0 Å². The first-order chi connectivity index (χ1) is 18.8. The summed E-state index contributed by atoms with van der Waals surface area (Å²) < 4.78 is 1.81. The number of benzene rings is 3. The number of aromatic hydroxyl groups is 1. The standard InChI is InChI=1S/C31H26ClN3O4/c1-19-26(21-7-10-24(32)11-8-21)13-14-29-33-28(18-35(19)29)30(37)34-27(31(38)39)17-22-9-12-25(36)16-23(22)15-20-5-3-2-4-6-20/h2-14,16,18,27,36H,15,17H2,1H3,(H,34,37)(H,38,39)/t27-/m0/s1. The molecule has 3 aromatic carbocycles. The van der Waals surface area contributed by atoms with Gasteiger partial charge >= 0.3 is 5.97 Å². The summed E-state index contributed by atoms with van der Waals surface area (Å²) in [6, 6.07) is 24.6. The van der Waals surface area contributed by atoms with Crippen molar-refractivity contribution in [1.29, 1.82) is 0 Å². The lowest BCUT2D eigenvalue weighted by Crippen LogP contribution is -2.42. The first-order valence-corrected chi connectivity index (χ1v) is 12.8. The zero-order chi connectivity index (χ0) is 27.5. The van der Waals surface area contributed by atoms with Crippen LogP contribution in [0.2, 0.25) is 5.02 Å². The molecule has 0 fully saturated rings. The topological polar surface area (TPSA) is 104 Å². The van der Waals surface area contributed by atoms with E-state index < -0.39 is 17.9 Å². The minimum Gasteiger partial charge on any atom is -0.508 e. The largest absolute Gasteiger partial charge is 0.508 e. The monoisotopic (exact) mass is 539 g/mol. The van der Waals surface area contributed by atoms with Crippen LogP contribution in [0.3, 0.4) is 0 Å². The Morgan fingerprint density at radius 2 is 1.72 bits per heavy atom. The quantitative estimate of drug-likeness (QED) is 0.235. The fraction of sp³-hybridized carbons (Fsp3) is 0.129. The number of hydrogen-bond acceptors (Lipinski definition) is 4. The molecule has 0 saturated carbocycles. The predicted molar refractivity (Wildman–Crippen MR) is 150 cm³/mol. The maximum atomic E-state index is 13.1. The molecule has 39 heavy (non-hydrogen) atoms. The first-order valence-electron chi connectivity index (χ1n) is 12.4. The summed E-state index contributed by atoms with van der Waals surface area (Å²) in [4.78, 5) is 29.7. The van der Waals surface area contributed by atoms with Crippen molar-refractivity contribution in [2.24, 2.45) is 0 Å². The number of aromatic nitrogens is 2. The third kappa shape index (κ3) is 5.78. The second kappa shape index (κ2) is 11.0. The summed E-state index contributed by atoms with van der Waals surface area (Å²) in [5, 5.41) is 23.3. The molecule has 3 N–H and O–H groups in total. The Morgan fingerprint density at radius 1 is 0.974 bits per heavy atom. The van der Waals surface area contributed by atoms with E-state index in [1.54, 1.807) is 18.3 Å². The molecule has 5 aromatic rings. The van der Waals surface area contributed by atoms with Crippen molar-refractivity contribution in [1.82, 2.24) is 14.7 Å². The molecule has 196 valence electrons. The average molecular weight is 540 g/mol. The summed E-state index contributed by atoms with van der Waals surface area (Å²) in [6.07, 6.45) is 2.18. The number of phenolic OH excluding ortho intramolecular Hbond substituents is 1. The van der Waals surface area contributed by atoms with E-state index in [1.165, 1.54) is 6.07 Å². The zero-order valence-corrected chi connectivity index (χ0v) is 21.9. The number of carbonyl (C=O) groups is 2. The maximum absolute atomic E-state index is 13.1. The Hall–Kier alpha value is -4.62. The van der Waals surface area contributed by atoms with Crippen LogP contribution in [0, 0.1) is 6.92 Å². The van der Waals surface area contributed by atoms with E-state index >= 15 is 0 Å². The smallest absolute Gasteiger partial charge is 0.326 e. The van der Waals surface area contributed by atoms with Crippen molar-refractivity contribution < 1.29 is 19.8 Å². The molecular weight excluding hydrogens is 514 g/mol. The first kappa shape index (κ1) is 26.0. The number of hydrogen-bond donors (Lipinski definition) is 3. The highest BCUT2D eigenvalue weighted by molar-refractivity contribution is 6.30. The summed E-state index contributed by atoms with van der Waals surface area (Å²) in [7, 11) is 0. The highest BCUT2D eigenvalue weighted by atomic mass is 35.5. The number of carbonyl (C=O) groups excluding carboxylic acids is 1. The van der Waals surface area contributed by atoms with Crippen LogP contribution < -0.4 is 5.32 Å². The molecule has 8 heteroatoms. The Balaban J connectivity index is 1.38. The Labute approximate surface area is 230 Å². The number of aliphatic carboxylic acids is 1. The molecule has 0 aliphatic rings. The normalized spacial score (nSPS) is 11.8. The van der Waals surface area contributed by atoms with E-state index in [0.29, 0.717) is 17.1 Å². The molecule has 0 unspecified atom stereocenters. The van der Waals surface area contributed by atoms with Crippen molar-refractivity contribution in [3.05, 3.63) is 124 Å². The Bertz CT molecular complexity index is 1660. The minimum absolute atomic E-state index is 0.0522. The predicted octanol–water partition coefficient (Wildman–Crippen LogP) is 5.69. The molecule has 1 amide bonds. The maximum Gasteiger partial charge on any atom is 0.326 e. The highest BCUT2D eigenvalue weighted by Crippen LogP contribution is 2.26. The van der Waals surface area contributed by atoms with Crippen LogP contribution in [0.4, 0.5) is 0 Å². The van der Waals surface area contributed by atoms with E-state index in [1.807, 2.05) is 78.1 Å². The summed E-state index contributed by atoms with van der Waals surface area (Å²) in [5.41, 5.74) is 6.06. The number of pyridine rings is 1. The van der Waals surface area contributed by atoms with Crippen LogP contribution in [0.25, 0.3) is 16.8 Å². The van der Waals surface area contributed by atoms with Crippen LogP contribution in [0.5, 0.6) is 5.75 Å². The number of halogens is 1. The van der Waals surface area contributed by atoms with Crippen molar-refractivity contribution in [2.75, 3.05) is 0 Å². The second-order valence-electron chi connectivity index (χ2n) is 9.38. The molecule has 0 spiro atoms. The van der Waals surface area contributed by atoms with E-state index in [2.05, 4.69) is 10.3 Å². The van der Waals surface area contributed by atoms with Crippen LogP contribution in [-0.2, 0) is 17.6 Å². The number of carboxylic acid groups (broad SMARTS) is 1. The van der Waals surface area contributed by atoms with Gasteiger partial charge in [-0.05, 0) is 72.0 Å². The number of nitrogens with one attached hydrogen (secondary N) is 1. The summed E-state index contributed by atoms with van der Waals surface area (Å²) >= 11 is 6.03. The molecule has 0 radical (unpaired) electrons. The number of rotatable bonds is 8. The number of fused-ring (bicyclic) bond motifs is 1. The molecular formula is C31H26ClN3O4. The van der Waals surface area contributed by atoms with Crippen molar-refractivity contribution in [2.45, 2.75) is 25.8 Å². The second-order valence-corrected chi connectivity index (χ2v) is 9.81. The van der Waals surface area contributed by atoms with Crippen molar-refractivity contribution in [3.63, 3.8) is 0 Å². The lowest BCUT2D eigenvalue weighted by molar-refractivity contribution is -0.139. The van der Waals surface area contributed by atoms with Gasteiger partial charge in [0, 0.05) is 28.9 Å². The summed E-state index contributed by atoms with van der Waals surface area (Å²) in [5.74, 6) is -1.65. The van der Waals surface area contributed by atoms with E-state index in [9.17, 15) is 19.8 Å². The fourth-order valence-electron chi connectivity index (χ4n) is 4.68. The number of nitrogens with zero attached hydrogens (tertiary/aromatic N) is 2. The Morgan fingerprint density at radius 3 is 2.44 bits per heavy atom. The SMILES string of the molecule is Cc1c(-c2ccc(Cl)cc2)ccc2nc(C(=O)N[C@@H](Cc3ccc(O)cc3Cc3ccccc3)C(=O)O)cn12. The molecule has 0 aliphatic heterocycles. The van der Waals surface area contributed by atoms with Crippen LogP contribution in [0.15, 0.2) is 91.1 Å². The van der Waals surface area contributed by atoms with Gasteiger partial charge in [0.05, 0.1) is 0 Å². The fourth-order valence-corrected chi connectivity index (χ4v) is 4.80. The molecule has 5 rings (SSSR count). The molecule has 0 bridgehead atoms. The highest BCUT2D eigenvalue weighted by Gasteiger charge is 2.24. The minimum atomic E-state index is -1.19. The van der Waals surface area contributed by atoms with Gasteiger partial charge in [0.15, 0.2) is 0 Å². The van der Waals surface area contributed by atoms with Crippen LogP contribution >= 0.6 is 11.6 Å². The molecule has 2 aromatic heterocycles. The average Bonchev–Trinajstić information content (AvgIpc) is 3.37. The van der Waals surface area contributed by atoms with Gasteiger partial charge in [-0.1, -0.05) is 60.1 Å². The third-order valence-corrected chi connectivity index (χ3v) is 6.98. The van der Waals surface area contributed by atoms with Gasteiger partial charge in [-0.3, -0.25) is 4.79 Å². The van der Waals surface area contributed by atoms with Gasteiger partial charge in [0.1, 0.15) is 23.1 Å². The molecule has 7 nitrogen and oxygen atoms in total. The van der Waals surface area contributed by atoms with E-state index in [4.69, 9.17) is 11.6 Å². The third-order valence-electron chi connectivity index (χ3n) is 6.73. The van der Waals surface area contributed by atoms with Crippen molar-refractivity contribution in [3.8, 4) is 16.9 Å². The lowest BCUT2D eigenvalue weighted by Gasteiger charge is -2.17. The van der Waals surface area contributed by atoms with Gasteiger partial charge in [-0.25, -0.2) is 9.78 Å². The molecule has 0 saturated heterocycles. The Kier molecular flexibility index (Phi) is 7.34.